The SMILES string of the molecule is Cc1ccc(CC2(O)C=C(c3c(F)cccc3F)C(=O)O2)cc1. The maximum Gasteiger partial charge on any atom is 0.341 e. The molecule has 0 amide bonds. The van der Waals surface area contributed by atoms with Gasteiger partial charge in [0.25, 0.3) is 0 Å². The first-order chi connectivity index (χ1) is 10.9. The van der Waals surface area contributed by atoms with E-state index in [0.717, 1.165) is 29.3 Å². The Hall–Kier alpha value is -2.53. The molecule has 1 unspecified atom stereocenters. The molecule has 1 aliphatic rings. The molecule has 0 saturated carbocycles. The van der Waals surface area contributed by atoms with Gasteiger partial charge in [0.2, 0.25) is 5.79 Å². The predicted molar refractivity (Wildman–Crippen MR) is 80.3 cm³/mol. The number of hydrogen-bond acceptors (Lipinski definition) is 3. The Morgan fingerprint density at radius 1 is 1.09 bits per heavy atom. The van der Waals surface area contributed by atoms with Gasteiger partial charge in [0.15, 0.2) is 0 Å². The monoisotopic (exact) mass is 316 g/mol. The van der Waals surface area contributed by atoms with Gasteiger partial charge in [0.1, 0.15) is 11.6 Å². The molecule has 5 heteroatoms. The highest BCUT2D eigenvalue weighted by Gasteiger charge is 2.40. The summed E-state index contributed by atoms with van der Waals surface area (Å²) in [6.45, 7) is 1.92. The number of esters is 1. The summed E-state index contributed by atoms with van der Waals surface area (Å²) in [5, 5.41) is 10.4. The molecule has 2 aromatic rings. The normalized spacial score (nSPS) is 20.3. The third-order valence-electron chi connectivity index (χ3n) is 3.67. The summed E-state index contributed by atoms with van der Waals surface area (Å²) in [7, 11) is 0. The Labute approximate surface area is 131 Å². The van der Waals surface area contributed by atoms with Gasteiger partial charge in [-0.1, -0.05) is 35.9 Å². The molecular weight excluding hydrogens is 302 g/mol. The maximum atomic E-state index is 13.8. The lowest BCUT2D eigenvalue weighted by molar-refractivity contribution is -0.176. The van der Waals surface area contributed by atoms with E-state index in [0.29, 0.717) is 0 Å². The molecule has 2 aromatic carbocycles. The number of cyclic esters (lactones) is 1. The van der Waals surface area contributed by atoms with Gasteiger partial charge in [0.05, 0.1) is 11.1 Å². The summed E-state index contributed by atoms with van der Waals surface area (Å²) in [6.07, 6.45) is 1.06. The van der Waals surface area contributed by atoms with Gasteiger partial charge in [-0.2, -0.15) is 0 Å². The van der Waals surface area contributed by atoms with Crippen LogP contribution in [-0.2, 0) is 16.0 Å². The molecule has 3 rings (SSSR count). The van der Waals surface area contributed by atoms with Crippen molar-refractivity contribution in [1.29, 1.82) is 0 Å². The molecule has 0 aliphatic carbocycles. The van der Waals surface area contributed by atoms with Crippen LogP contribution in [0.4, 0.5) is 8.78 Å². The summed E-state index contributed by atoms with van der Waals surface area (Å²) in [6, 6.07) is 10.6. The zero-order valence-corrected chi connectivity index (χ0v) is 12.3. The van der Waals surface area contributed by atoms with Crippen molar-refractivity contribution in [3.63, 3.8) is 0 Å². The third-order valence-corrected chi connectivity index (χ3v) is 3.67. The van der Waals surface area contributed by atoms with E-state index in [2.05, 4.69) is 0 Å². The Morgan fingerprint density at radius 2 is 1.70 bits per heavy atom. The van der Waals surface area contributed by atoms with Gasteiger partial charge in [0, 0.05) is 12.5 Å². The second-order valence-corrected chi connectivity index (χ2v) is 5.55. The van der Waals surface area contributed by atoms with E-state index in [1.807, 2.05) is 19.1 Å². The van der Waals surface area contributed by atoms with Crippen LogP contribution in [0.15, 0.2) is 48.5 Å². The second kappa shape index (κ2) is 5.59. The molecule has 0 aromatic heterocycles. The molecular formula is C18H14F2O3. The molecule has 1 aliphatic heterocycles. The van der Waals surface area contributed by atoms with Gasteiger partial charge in [-0.3, -0.25) is 0 Å². The summed E-state index contributed by atoms with van der Waals surface area (Å²) in [4.78, 5) is 12.0. The van der Waals surface area contributed by atoms with Gasteiger partial charge in [-0.25, -0.2) is 13.6 Å². The van der Waals surface area contributed by atoms with E-state index < -0.39 is 29.0 Å². The molecule has 23 heavy (non-hydrogen) atoms. The Balaban J connectivity index is 1.95. The van der Waals surface area contributed by atoms with E-state index in [1.54, 1.807) is 12.1 Å². The van der Waals surface area contributed by atoms with Crippen molar-refractivity contribution >= 4 is 11.5 Å². The van der Waals surface area contributed by atoms with E-state index >= 15 is 0 Å². The van der Waals surface area contributed by atoms with Crippen molar-refractivity contribution in [1.82, 2.24) is 0 Å². The predicted octanol–water partition coefficient (Wildman–Crippen LogP) is 3.14. The second-order valence-electron chi connectivity index (χ2n) is 5.55. The molecule has 1 heterocycles. The van der Waals surface area contributed by atoms with Crippen LogP contribution in [0.25, 0.3) is 5.57 Å². The summed E-state index contributed by atoms with van der Waals surface area (Å²) >= 11 is 0. The average molecular weight is 316 g/mol. The van der Waals surface area contributed by atoms with Crippen LogP contribution in [0.3, 0.4) is 0 Å². The van der Waals surface area contributed by atoms with E-state index in [4.69, 9.17) is 4.74 Å². The number of aryl methyl sites for hydroxylation is 1. The summed E-state index contributed by atoms with van der Waals surface area (Å²) < 4.78 is 32.6. The van der Waals surface area contributed by atoms with Crippen molar-refractivity contribution < 1.29 is 23.4 Å². The number of ether oxygens (including phenoxy) is 1. The van der Waals surface area contributed by atoms with Gasteiger partial charge in [-0.05, 0) is 24.6 Å². The highest BCUT2D eigenvalue weighted by Crippen LogP contribution is 2.34. The van der Waals surface area contributed by atoms with Gasteiger partial charge < -0.3 is 9.84 Å². The Kier molecular flexibility index (Phi) is 3.74. The topological polar surface area (TPSA) is 46.5 Å². The number of halogens is 2. The smallest absolute Gasteiger partial charge is 0.341 e. The lowest BCUT2D eigenvalue weighted by atomic mass is 10.00. The van der Waals surface area contributed by atoms with Crippen LogP contribution in [-0.4, -0.2) is 16.9 Å². The average Bonchev–Trinajstić information content (AvgIpc) is 2.76. The fraction of sp³-hybridized carbons (Fsp3) is 0.167. The third kappa shape index (κ3) is 3.00. The van der Waals surface area contributed by atoms with Crippen molar-refractivity contribution in [3.05, 3.63) is 76.9 Å². The lowest BCUT2D eigenvalue weighted by Crippen LogP contribution is -2.30. The molecule has 0 bridgehead atoms. The van der Waals surface area contributed by atoms with E-state index in [-0.39, 0.29) is 12.0 Å². The Morgan fingerprint density at radius 3 is 2.30 bits per heavy atom. The highest BCUT2D eigenvalue weighted by molar-refractivity contribution is 6.18. The van der Waals surface area contributed by atoms with Gasteiger partial charge in [-0.15, -0.1) is 0 Å². The molecule has 0 radical (unpaired) electrons. The van der Waals surface area contributed by atoms with Crippen molar-refractivity contribution in [2.24, 2.45) is 0 Å². The summed E-state index contributed by atoms with van der Waals surface area (Å²) in [5.74, 6) is -4.64. The van der Waals surface area contributed by atoms with Crippen LogP contribution in [0, 0.1) is 18.6 Å². The zero-order valence-electron chi connectivity index (χ0n) is 12.3. The fourth-order valence-corrected chi connectivity index (χ4v) is 2.54. The molecule has 0 saturated heterocycles. The highest BCUT2D eigenvalue weighted by atomic mass is 19.1. The van der Waals surface area contributed by atoms with Crippen LogP contribution in [0.1, 0.15) is 16.7 Å². The quantitative estimate of drug-likeness (QED) is 0.885. The van der Waals surface area contributed by atoms with Crippen molar-refractivity contribution in [2.45, 2.75) is 19.1 Å². The minimum atomic E-state index is -1.92. The summed E-state index contributed by atoms with van der Waals surface area (Å²) in [5.41, 5.74) is 0.985. The van der Waals surface area contributed by atoms with Crippen LogP contribution >= 0.6 is 0 Å². The number of hydrogen-bond donors (Lipinski definition) is 1. The molecule has 0 spiro atoms. The van der Waals surface area contributed by atoms with E-state index in [1.165, 1.54) is 6.07 Å². The minimum absolute atomic E-state index is 0.00140. The van der Waals surface area contributed by atoms with Crippen LogP contribution in [0.5, 0.6) is 0 Å². The molecule has 1 N–H and O–H groups in total. The number of benzene rings is 2. The molecule has 0 fully saturated rings. The van der Waals surface area contributed by atoms with Gasteiger partial charge >= 0.3 is 5.97 Å². The minimum Gasteiger partial charge on any atom is -0.425 e. The number of carbonyl (C=O) groups is 1. The van der Waals surface area contributed by atoms with E-state index in [9.17, 15) is 18.7 Å². The molecule has 1 atom stereocenters. The standard InChI is InChI=1S/C18H14F2O3/c1-11-5-7-12(8-6-11)9-18(22)10-13(17(21)23-18)16-14(19)3-2-4-15(16)20/h2-8,10,22H,9H2,1H3. The first kappa shape index (κ1) is 15.4. The number of rotatable bonds is 3. The lowest BCUT2D eigenvalue weighted by Gasteiger charge is -2.19. The zero-order chi connectivity index (χ0) is 16.6. The van der Waals surface area contributed by atoms with Crippen LogP contribution in [0.2, 0.25) is 0 Å². The molecule has 118 valence electrons. The first-order valence-corrected chi connectivity index (χ1v) is 7.06. The fourth-order valence-electron chi connectivity index (χ4n) is 2.54. The Bertz CT molecular complexity index is 776. The van der Waals surface area contributed by atoms with Crippen molar-refractivity contribution in [3.8, 4) is 0 Å². The first-order valence-electron chi connectivity index (χ1n) is 7.06. The maximum absolute atomic E-state index is 13.8. The van der Waals surface area contributed by atoms with Crippen molar-refractivity contribution in [2.75, 3.05) is 0 Å². The van der Waals surface area contributed by atoms with Crippen LogP contribution < -0.4 is 0 Å². The molecule has 3 nitrogen and oxygen atoms in total. The number of carbonyl (C=O) groups excluding carboxylic acids is 1. The number of aliphatic hydroxyl groups is 1. The largest absolute Gasteiger partial charge is 0.425 e.